The average Bonchev–Trinajstić information content (AvgIpc) is 2.55. The van der Waals surface area contributed by atoms with E-state index < -0.39 is 11.8 Å². The van der Waals surface area contributed by atoms with Gasteiger partial charge >= 0.3 is 0 Å². The van der Waals surface area contributed by atoms with E-state index in [0.29, 0.717) is 26.4 Å². The van der Waals surface area contributed by atoms with E-state index in [-0.39, 0.29) is 25.0 Å². The number of hydrogen-bond donors (Lipinski definition) is 2. The van der Waals surface area contributed by atoms with Gasteiger partial charge < -0.3 is 25.3 Å². The van der Waals surface area contributed by atoms with Gasteiger partial charge in [0.25, 0.3) is 0 Å². The molecule has 8 heteroatoms. The van der Waals surface area contributed by atoms with Crippen LogP contribution < -0.4 is 11.1 Å². The van der Waals surface area contributed by atoms with E-state index in [2.05, 4.69) is 5.32 Å². The van der Waals surface area contributed by atoms with Gasteiger partial charge in [0.1, 0.15) is 5.92 Å². The second-order valence-corrected chi connectivity index (χ2v) is 6.38. The van der Waals surface area contributed by atoms with Crippen LogP contribution in [0.4, 0.5) is 0 Å². The summed E-state index contributed by atoms with van der Waals surface area (Å²) in [6.07, 6.45) is 3.11. The Morgan fingerprint density at radius 1 is 1.04 bits per heavy atom. The molecule has 0 aliphatic rings. The number of carbonyl (C=O) groups excluding carboxylic acids is 2. The Hall–Kier alpha value is -0.830. The number of ether oxygens (including phenoxy) is 3. The van der Waals surface area contributed by atoms with Crippen LogP contribution in [0.2, 0.25) is 0 Å². The summed E-state index contributed by atoms with van der Waals surface area (Å²) in [5.41, 5.74) is 5.29. The maximum absolute atomic E-state index is 12.0. The molecule has 0 saturated heterocycles. The van der Waals surface area contributed by atoms with Crippen LogP contribution in [-0.2, 0) is 23.8 Å². The molecule has 7 nitrogen and oxygen atoms in total. The summed E-state index contributed by atoms with van der Waals surface area (Å²) in [6.45, 7) is 6.81. The van der Waals surface area contributed by atoms with Crippen LogP contribution in [0.1, 0.15) is 26.7 Å². The maximum atomic E-state index is 12.0. The van der Waals surface area contributed by atoms with Crippen LogP contribution in [0.5, 0.6) is 0 Å². The van der Waals surface area contributed by atoms with E-state index in [1.54, 1.807) is 11.8 Å². The molecular formula is C16H32N2O5S. The molecular weight excluding hydrogens is 332 g/mol. The number of amides is 2. The van der Waals surface area contributed by atoms with Crippen molar-refractivity contribution in [2.45, 2.75) is 32.7 Å². The van der Waals surface area contributed by atoms with Crippen molar-refractivity contribution in [3.8, 4) is 0 Å². The van der Waals surface area contributed by atoms with Gasteiger partial charge in [-0.05, 0) is 26.0 Å². The highest BCUT2D eigenvalue weighted by Gasteiger charge is 2.24. The van der Waals surface area contributed by atoms with Crippen LogP contribution in [0.3, 0.4) is 0 Å². The van der Waals surface area contributed by atoms with Crippen molar-refractivity contribution in [2.75, 3.05) is 51.6 Å². The smallest absolute Gasteiger partial charge is 0.232 e. The van der Waals surface area contributed by atoms with Gasteiger partial charge in [-0.3, -0.25) is 9.59 Å². The Labute approximate surface area is 149 Å². The second kappa shape index (κ2) is 15.7. The second-order valence-electron chi connectivity index (χ2n) is 5.39. The van der Waals surface area contributed by atoms with Crippen molar-refractivity contribution in [1.29, 1.82) is 0 Å². The molecule has 3 N–H and O–H groups in total. The number of primary amides is 1. The molecule has 2 unspecified atom stereocenters. The minimum Gasteiger partial charge on any atom is -0.379 e. The normalized spacial score (nSPS) is 13.5. The lowest BCUT2D eigenvalue weighted by molar-refractivity contribution is -0.134. The summed E-state index contributed by atoms with van der Waals surface area (Å²) in [4.78, 5) is 23.3. The van der Waals surface area contributed by atoms with Crippen LogP contribution in [0, 0.1) is 5.92 Å². The number of carbonyl (C=O) groups is 2. The molecule has 0 heterocycles. The maximum Gasteiger partial charge on any atom is 0.232 e. The van der Waals surface area contributed by atoms with E-state index >= 15 is 0 Å². The summed E-state index contributed by atoms with van der Waals surface area (Å²) in [6, 6.07) is 0.0202. The summed E-state index contributed by atoms with van der Waals surface area (Å²) in [5, 5.41) is 2.77. The van der Waals surface area contributed by atoms with Gasteiger partial charge in [0, 0.05) is 18.4 Å². The van der Waals surface area contributed by atoms with Crippen LogP contribution in [0.15, 0.2) is 0 Å². The largest absolute Gasteiger partial charge is 0.379 e. The van der Waals surface area contributed by atoms with Gasteiger partial charge in [0.15, 0.2) is 0 Å². The molecule has 142 valence electrons. The zero-order valence-electron chi connectivity index (χ0n) is 15.0. The average molecular weight is 365 g/mol. The molecule has 0 radical (unpaired) electrons. The highest BCUT2D eigenvalue weighted by molar-refractivity contribution is 7.98. The molecule has 2 amide bonds. The van der Waals surface area contributed by atoms with Gasteiger partial charge in [-0.2, -0.15) is 11.8 Å². The highest BCUT2D eigenvalue weighted by Crippen LogP contribution is 2.04. The van der Waals surface area contributed by atoms with Crippen molar-refractivity contribution in [3.63, 3.8) is 0 Å². The highest BCUT2D eigenvalue weighted by atomic mass is 32.2. The lowest BCUT2D eigenvalue weighted by Gasteiger charge is -2.17. The van der Waals surface area contributed by atoms with Gasteiger partial charge in [0.2, 0.25) is 11.8 Å². The monoisotopic (exact) mass is 364 g/mol. The van der Waals surface area contributed by atoms with Crippen molar-refractivity contribution >= 4 is 23.6 Å². The predicted molar refractivity (Wildman–Crippen MR) is 96.0 cm³/mol. The third kappa shape index (κ3) is 12.6. The predicted octanol–water partition coefficient (Wildman–Crippen LogP) is 0.806. The first-order chi connectivity index (χ1) is 11.5. The number of nitrogens with one attached hydrogen (secondary N) is 1. The fraction of sp³-hybridized carbons (Fsp3) is 0.875. The summed E-state index contributed by atoms with van der Waals surface area (Å²) < 4.78 is 16.1. The minimum atomic E-state index is -0.857. The molecule has 0 spiro atoms. The molecule has 24 heavy (non-hydrogen) atoms. The van der Waals surface area contributed by atoms with Gasteiger partial charge in [0.05, 0.1) is 33.0 Å². The van der Waals surface area contributed by atoms with Gasteiger partial charge in [-0.1, -0.05) is 6.92 Å². The Balaban J connectivity index is 3.68. The van der Waals surface area contributed by atoms with E-state index in [4.69, 9.17) is 19.9 Å². The third-order valence-electron chi connectivity index (χ3n) is 3.39. The topological polar surface area (TPSA) is 99.9 Å². The van der Waals surface area contributed by atoms with Crippen molar-refractivity contribution in [1.82, 2.24) is 5.32 Å². The molecule has 0 aromatic heterocycles. The van der Waals surface area contributed by atoms with E-state index in [9.17, 15) is 9.59 Å². The standard InChI is InChI=1S/C16H32N2O5S/c1-4-13(2)18-16(20)14(15(17)19)5-6-21-7-8-22-9-10-23-11-12-24-3/h13-14H,4-12H2,1-3H3,(H2,17,19)(H,18,20). The van der Waals surface area contributed by atoms with E-state index in [1.165, 1.54) is 0 Å². The van der Waals surface area contributed by atoms with Crippen LogP contribution >= 0.6 is 11.8 Å². The lowest BCUT2D eigenvalue weighted by Crippen LogP contribution is -2.42. The van der Waals surface area contributed by atoms with Crippen molar-refractivity contribution in [3.05, 3.63) is 0 Å². The summed E-state index contributed by atoms with van der Waals surface area (Å²) in [5.74, 6) is -0.837. The van der Waals surface area contributed by atoms with E-state index in [1.807, 2.05) is 20.1 Å². The fourth-order valence-corrected chi connectivity index (χ4v) is 2.02. The Morgan fingerprint density at radius 3 is 2.08 bits per heavy atom. The van der Waals surface area contributed by atoms with Crippen molar-refractivity contribution < 1.29 is 23.8 Å². The minimum absolute atomic E-state index is 0.0202. The molecule has 0 aromatic rings. The quantitative estimate of drug-likeness (QED) is 0.310. The zero-order valence-corrected chi connectivity index (χ0v) is 15.9. The molecule has 0 saturated carbocycles. The molecule has 2 atom stereocenters. The van der Waals surface area contributed by atoms with Gasteiger partial charge in [-0.15, -0.1) is 0 Å². The molecule has 0 fully saturated rings. The molecule has 0 rings (SSSR count). The first-order valence-corrected chi connectivity index (χ1v) is 9.74. The Kier molecular flexibility index (Phi) is 15.1. The van der Waals surface area contributed by atoms with Crippen LogP contribution in [-0.4, -0.2) is 69.5 Å². The zero-order chi connectivity index (χ0) is 18.2. The number of hydrogen-bond acceptors (Lipinski definition) is 6. The fourth-order valence-electron chi connectivity index (χ4n) is 1.73. The first-order valence-electron chi connectivity index (χ1n) is 8.34. The van der Waals surface area contributed by atoms with Crippen molar-refractivity contribution in [2.24, 2.45) is 11.7 Å². The molecule has 0 aromatic carbocycles. The SMILES string of the molecule is CCC(C)NC(=O)C(CCOCCOCCOCCSC)C(N)=O. The lowest BCUT2D eigenvalue weighted by atomic mass is 10.0. The summed E-state index contributed by atoms with van der Waals surface area (Å²) >= 11 is 1.74. The van der Waals surface area contributed by atoms with Crippen LogP contribution in [0.25, 0.3) is 0 Å². The molecule has 0 bridgehead atoms. The Bertz CT molecular complexity index is 344. The number of nitrogens with two attached hydrogens (primary N) is 1. The first kappa shape index (κ1) is 23.2. The third-order valence-corrected chi connectivity index (χ3v) is 3.96. The van der Waals surface area contributed by atoms with E-state index in [0.717, 1.165) is 18.8 Å². The number of thioether (sulfide) groups is 1. The summed E-state index contributed by atoms with van der Waals surface area (Å²) in [7, 11) is 0. The van der Waals surface area contributed by atoms with Gasteiger partial charge in [-0.25, -0.2) is 0 Å². The number of rotatable bonds is 16. The molecule has 0 aliphatic heterocycles. The Morgan fingerprint density at radius 2 is 1.58 bits per heavy atom. The molecule has 0 aliphatic carbocycles.